The highest BCUT2D eigenvalue weighted by molar-refractivity contribution is 5.33. The van der Waals surface area contributed by atoms with Gasteiger partial charge < -0.3 is 4.90 Å². The summed E-state index contributed by atoms with van der Waals surface area (Å²) in [7, 11) is 0. The fourth-order valence-corrected chi connectivity index (χ4v) is 2.59. The summed E-state index contributed by atoms with van der Waals surface area (Å²) in [5, 5.41) is 0. The minimum Gasteiger partial charge on any atom is -0.303 e. The SMILES string of the molecule is C(#Cc1ccccc1)CCCCCN1CCCCC1. The maximum atomic E-state index is 3.28. The lowest BCUT2D eigenvalue weighted by atomic mass is 10.1. The van der Waals surface area contributed by atoms with E-state index in [0.29, 0.717) is 0 Å². The molecule has 2 rings (SSSR count). The Labute approximate surface area is 118 Å². The zero-order valence-electron chi connectivity index (χ0n) is 11.9. The van der Waals surface area contributed by atoms with Crippen LogP contribution < -0.4 is 0 Å². The lowest BCUT2D eigenvalue weighted by Gasteiger charge is -2.26. The molecule has 0 N–H and O–H groups in total. The van der Waals surface area contributed by atoms with Gasteiger partial charge in [0.2, 0.25) is 0 Å². The number of piperidine rings is 1. The summed E-state index contributed by atoms with van der Waals surface area (Å²) >= 11 is 0. The van der Waals surface area contributed by atoms with Crippen molar-refractivity contribution >= 4 is 0 Å². The van der Waals surface area contributed by atoms with E-state index in [-0.39, 0.29) is 0 Å². The smallest absolute Gasteiger partial charge is 0.0245 e. The fourth-order valence-electron chi connectivity index (χ4n) is 2.59. The van der Waals surface area contributed by atoms with Crippen molar-refractivity contribution in [3.63, 3.8) is 0 Å². The predicted molar refractivity (Wildman–Crippen MR) is 82.1 cm³/mol. The molecule has 0 spiro atoms. The Bertz CT molecular complexity index is 393. The molecule has 102 valence electrons. The van der Waals surface area contributed by atoms with Crippen molar-refractivity contribution < 1.29 is 0 Å². The quantitative estimate of drug-likeness (QED) is 0.566. The van der Waals surface area contributed by atoms with E-state index in [2.05, 4.69) is 28.9 Å². The van der Waals surface area contributed by atoms with Crippen LogP contribution >= 0.6 is 0 Å². The Morgan fingerprint density at radius 1 is 0.895 bits per heavy atom. The Morgan fingerprint density at radius 3 is 2.47 bits per heavy atom. The first-order valence-electron chi connectivity index (χ1n) is 7.71. The second-order valence-electron chi connectivity index (χ2n) is 5.38. The highest BCUT2D eigenvalue weighted by atomic mass is 15.1. The number of rotatable bonds is 5. The third-order valence-corrected chi connectivity index (χ3v) is 3.73. The Kier molecular flexibility index (Phi) is 6.54. The molecule has 1 aliphatic heterocycles. The van der Waals surface area contributed by atoms with E-state index in [0.717, 1.165) is 12.0 Å². The molecule has 19 heavy (non-hydrogen) atoms. The largest absolute Gasteiger partial charge is 0.303 e. The van der Waals surface area contributed by atoms with Gasteiger partial charge in [-0.1, -0.05) is 42.9 Å². The zero-order valence-corrected chi connectivity index (χ0v) is 11.9. The van der Waals surface area contributed by atoms with Gasteiger partial charge in [-0.25, -0.2) is 0 Å². The zero-order chi connectivity index (χ0) is 13.2. The minimum atomic E-state index is 1.04. The van der Waals surface area contributed by atoms with Crippen LogP contribution in [0.5, 0.6) is 0 Å². The molecule has 0 aliphatic carbocycles. The fraction of sp³-hybridized carbons (Fsp3) is 0.556. The molecule has 1 saturated heterocycles. The Morgan fingerprint density at radius 2 is 1.68 bits per heavy atom. The van der Waals surface area contributed by atoms with Crippen LogP contribution in [0.2, 0.25) is 0 Å². The van der Waals surface area contributed by atoms with E-state index in [1.54, 1.807) is 0 Å². The summed E-state index contributed by atoms with van der Waals surface area (Å²) in [6, 6.07) is 10.3. The van der Waals surface area contributed by atoms with Crippen molar-refractivity contribution in [3.8, 4) is 11.8 Å². The number of benzene rings is 1. The summed E-state index contributed by atoms with van der Waals surface area (Å²) in [5.41, 5.74) is 1.14. The van der Waals surface area contributed by atoms with E-state index in [1.807, 2.05) is 18.2 Å². The minimum absolute atomic E-state index is 1.04. The first kappa shape index (κ1) is 14.2. The van der Waals surface area contributed by atoms with Crippen molar-refractivity contribution in [2.45, 2.75) is 44.9 Å². The highest BCUT2D eigenvalue weighted by Crippen LogP contribution is 2.10. The monoisotopic (exact) mass is 255 g/mol. The maximum absolute atomic E-state index is 3.28. The standard InChI is InChI=1S/C18H25N/c1(2-6-12-18-13-7-4-8-14-18)3-9-15-19-16-10-5-11-17-19/h4,7-8,13-14H,1-3,5,9-11,15-17H2. The molecule has 0 radical (unpaired) electrons. The van der Waals surface area contributed by atoms with Crippen LogP contribution in [0, 0.1) is 11.8 Å². The van der Waals surface area contributed by atoms with E-state index >= 15 is 0 Å². The Hall–Kier alpha value is -1.26. The molecule has 1 heterocycles. The molecular weight excluding hydrogens is 230 g/mol. The average molecular weight is 255 g/mol. The van der Waals surface area contributed by atoms with Gasteiger partial charge in [0.05, 0.1) is 0 Å². The van der Waals surface area contributed by atoms with Crippen LogP contribution in [0.1, 0.15) is 50.5 Å². The topological polar surface area (TPSA) is 3.24 Å². The molecule has 1 heteroatoms. The van der Waals surface area contributed by atoms with Gasteiger partial charge in [0, 0.05) is 12.0 Å². The molecule has 0 saturated carbocycles. The van der Waals surface area contributed by atoms with Crippen molar-refractivity contribution in [1.82, 2.24) is 4.90 Å². The predicted octanol–water partition coefficient (Wildman–Crippen LogP) is 4.08. The van der Waals surface area contributed by atoms with Gasteiger partial charge in [-0.05, 0) is 57.5 Å². The summed E-state index contributed by atoms with van der Waals surface area (Å²) in [6.45, 7) is 3.95. The van der Waals surface area contributed by atoms with Crippen LogP contribution in [0.25, 0.3) is 0 Å². The Balaban J connectivity index is 1.51. The van der Waals surface area contributed by atoms with Gasteiger partial charge in [0.15, 0.2) is 0 Å². The third kappa shape index (κ3) is 5.94. The second-order valence-corrected chi connectivity index (χ2v) is 5.38. The van der Waals surface area contributed by atoms with Crippen molar-refractivity contribution in [3.05, 3.63) is 35.9 Å². The van der Waals surface area contributed by atoms with Gasteiger partial charge in [0.1, 0.15) is 0 Å². The lowest BCUT2D eigenvalue weighted by Crippen LogP contribution is -2.30. The molecule has 0 amide bonds. The van der Waals surface area contributed by atoms with E-state index in [1.165, 1.54) is 58.2 Å². The van der Waals surface area contributed by atoms with Gasteiger partial charge in [0.25, 0.3) is 0 Å². The molecule has 1 aliphatic rings. The highest BCUT2D eigenvalue weighted by Gasteiger charge is 2.08. The second kappa shape index (κ2) is 8.77. The van der Waals surface area contributed by atoms with Crippen molar-refractivity contribution in [1.29, 1.82) is 0 Å². The van der Waals surface area contributed by atoms with Crippen LogP contribution in [0.4, 0.5) is 0 Å². The molecule has 1 fully saturated rings. The maximum Gasteiger partial charge on any atom is 0.0245 e. The number of hydrogen-bond acceptors (Lipinski definition) is 1. The van der Waals surface area contributed by atoms with Crippen molar-refractivity contribution in [2.24, 2.45) is 0 Å². The molecule has 0 bridgehead atoms. The van der Waals surface area contributed by atoms with Crippen LogP contribution in [0.3, 0.4) is 0 Å². The average Bonchev–Trinajstić information content (AvgIpc) is 2.48. The van der Waals surface area contributed by atoms with Gasteiger partial charge in [-0.15, -0.1) is 0 Å². The summed E-state index contributed by atoms with van der Waals surface area (Å²) in [4.78, 5) is 2.62. The third-order valence-electron chi connectivity index (χ3n) is 3.73. The van der Waals surface area contributed by atoms with Crippen molar-refractivity contribution in [2.75, 3.05) is 19.6 Å². The van der Waals surface area contributed by atoms with E-state index in [4.69, 9.17) is 0 Å². The summed E-state index contributed by atoms with van der Waals surface area (Å²) < 4.78 is 0. The molecule has 1 nitrogen and oxygen atoms in total. The summed E-state index contributed by atoms with van der Waals surface area (Å²) in [5.74, 6) is 6.50. The number of nitrogens with zero attached hydrogens (tertiary/aromatic N) is 1. The number of unbranched alkanes of at least 4 members (excludes halogenated alkanes) is 3. The number of hydrogen-bond donors (Lipinski definition) is 0. The van der Waals surface area contributed by atoms with Gasteiger partial charge >= 0.3 is 0 Å². The first-order valence-corrected chi connectivity index (χ1v) is 7.71. The lowest BCUT2D eigenvalue weighted by molar-refractivity contribution is 0.224. The molecule has 0 unspecified atom stereocenters. The number of likely N-dealkylation sites (tertiary alicyclic amines) is 1. The molecule has 0 aromatic heterocycles. The molecule has 0 atom stereocenters. The van der Waals surface area contributed by atoms with Gasteiger partial charge in [-0.3, -0.25) is 0 Å². The first-order chi connectivity index (χ1) is 9.45. The molecule has 1 aromatic carbocycles. The van der Waals surface area contributed by atoms with E-state index in [9.17, 15) is 0 Å². The van der Waals surface area contributed by atoms with E-state index < -0.39 is 0 Å². The molecule has 1 aromatic rings. The van der Waals surface area contributed by atoms with Crippen LogP contribution in [-0.4, -0.2) is 24.5 Å². The van der Waals surface area contributed by atoms with Crippen LogP contribution in [-0.2, 0) is 0 Å². The van der Waals surface area contributed by atoms with Gasteiger partial charge in [-0.2, -0.15) is 0 Å². The van der Waals surface area contributed by atoms with Crippen LogP contribution in [0.15, 0.2) is 30.3 Å². The summed E-state index contributed by atoms with van der Waals surface area (Å²) in [6.07, 6.45) is 9.19. The normalized spacial score (nSPS) is 15.8. The molecular formula is C18H25N.